The summed E-state index contributed by atoms with van der Waals surface area (Å²) in [7, 11) is 0. The number of halogens is 2. The van der Waals surface area contributed by atoms with Gasteiger partial charge >= 0.3 is 6.03 Å². The van der Waals surface area contributed by atoms with E-state index >= 15 is 0 Å². The smallest absolute Gasteiger partial charge is 0.319 e. The minimum atomic E-state index is -0.326. The number of hydrogen-bond acceptors (Lipinski definition) is 5. The number of nitrogens with zero attached hydrogens (tertiary/aromatic N) is 3. The third-order valence-corrected chi connectivity index (χ3v) is 6.79. The van der Waals surface area contributed by atoms with Gasteiger partial charge < -0.3 is 21.1 Å². The minimum Gasteiger partial charge on any atom is -0.508 e. The minimum absolute atomic E-state index is 0.175. The summed E-state index contributed by atoms with van der Waals surface area (Å²) >= 11 is 11.9. The Bertz CT molecular complexity index is 1620. The molecular formula is C30H26Cl2N6O2. The van der Waals surface area contributed by atoms with E-state index in [1.54, 1.807) is 42.6 Å². The van der Waals surface area contributed by atoms with Crippen molar-refractivity contribution < 1.29 is 9.90 Å². The van der Waals surface area contributed by atoms with E-state index in [9.17, 15) is 9.90 Å². The largest absolute Gasteiger partial charge is 0.508 e. The molecule has 2 amide bonds. The fourth-order valence-corrected chi connectivity index (χ4v) is 4.41. The van der Waals surface area contributed by atoms with Gasteiger partial charge in [0.05, 0.1) is 15.7 Å². The SMILES string of the molecule is O=C(NCCCNc1cc(-c2cn(-c3ccccc3)nc2-c2cccc(O)c2)ccn1)Nc1ccc(Cl)c(Cl)c1. The topological polar surface area (TPSA) is 104 Å². The lowest BCUT2D eigenvalue weighted by Gasteiger charge is -2.10. The zero-order chi connectivity index (χ0) is 27.9. The number of para-hydroxylation sites is 1. The molecule has 0 saturated carbocycles. The average Bonchev–Trinajstić information content (AvgIpc) is 3.41. The van der Waals surface area contributed by atoms with E-state index < -0.39 is 0 Å². The molecular weight excluding hydrogens is 547 g/mol. The Kier molecular flexibility index (Phi) is 8.49. The van der Waals surface area contributed by atoms with Crippen molar-refractivity contribution in [2.45, 2.75) is 6.42 Å². The lowest BCUT2D eigenvalue weighted by Crippen LogP contribution is -2.30. The second-order valence-corrected chi connectivity index (χ2v) is 9.76. The molecule has 0 aliphatic heterocycles. The van der Waals surface area contributed by atoms with Crippen molar-refractivity contribution in [3.8, 4) is 33.8 Å². The Labute approximate surface area is 241 Å². The summed E-state index contributed by atoms with van der Waals surface area (Å²) in [4.78, 5) is 16.6. The highest BCUT2D eigenvalue weighted by molar-refractivity contribution is 6.42. The highest BCUT2D eigenvalue weighted by Crippen LogP contribution is 2.34. The van der Waals surface area contributed by atoms with Gasteiger partial charge in [-0.15, -0.1) is 0 Å². The molecule has 0 bridgehead atoms. The lowest BCUT2D eigenvalue weighted by molar-refractivity contribution is 0.252. The van der Waals surface area contributed by atoms with Gasteiger partial charge in [0.25, 0.3) is 0 Å². The van der Waals surface area contributed by atoms with Crippen LogP contribution in [0.4, 0.5) is 16.3 Å². The summed E-state index contributed by atoms with van der Waals surface area (Å²) in [5, 5.41) is 24.6. The van der Waals surface area contributed by atoms with Gasteiger partial charge in [0.2, 0.25) is 0 Å². The number of aromatic nitrogens is 3. The Balaban J connectivity index is 1.24. The Morgan fingerprint density at radius 3 is 2.52 bits per heavy atom. The second kappa shape index (κ2) is 12.5. The van der Waals surface area contributed by atoms with E-state index in [2.05, 4.69) is 20.9 Å². The number of phenols is 1. The molecule has 0 radical (unpaired) electrons. The van der Waals surface area contributed by atoms with Gasteiger partial charge in [0, 0.05) is 42.3 Å². The normalized spacial score (nSPS) is 10.8. The molecule has 2 aromatic heterocycles. The number of hydrogen-bond donors (Lipinski definition) is 4. The van der Waals surface area contributed by atoms with Crippen LogP contribution in [0.5, 0.6) is 5.75 Å². The second-order valence-electron chi connectivity index (χ2n) is 8.94. The molecule has 0 saturated heterocycles. The third kappa shape index (κ3) is 6.72. The molecule has 3 aromatic carbocycles. The number of aromatic hydroxyl groups is 1. The molecule has 4 N–H and O–H groups in total. The van der Waals surface area contributed by atoms with Crippen LogP contribution >= 0.6 is 23.2 Å². The summed E-state index contributed by atoms with van der Waals surface area (Å²) in [6.07, 6.45) is 4.40. The first-order chi connectivity index (χ1) is 19.5. The van der Waals surface area contributed by atoms with E-state index in [0.717, 1.165) is 28.1 Å². The van der Waals surface area contributed by atoms with Crippen LogP contribution in [0.3, 0.4) is 0 Å². The van der Waals surface area contributed by atoms with Crippen molar-refractivity contribution in [1.29, 1.82) is 0 Å². The number of phenolic OH excluding ortho intramolecular Hbond substituents is 1. The molecule has 2 heterocycles. The summed E-state index contributed by atoms with van der Waals surface area (Å²) in [6.45, 7) is 1.07. The van der Waals surface area contributed by atoms with E-state index in [0.29, 0.717) is 41.1 Å². The maximum Gasteiger partial charge on any atom is 0.319 e. The fraction of sp³-hybridized carbons (Fsp3) is 0.100. The molecule has 0 atom stereocenters. The Morgan fingerprint density at radius 1 is 0.875 bits per heavy atom. The van der Waals surface area contributed by atoms with Crippen LogP contribution in [0.1, 0.15) is 6.42 Å². The zero-order valence-electron chi connectivity index (χ0n) is 21.3. The number of benzene rings is 3. The van der Waals surface area contributed by atoms with Crippen molar-refractivity contribution in [1.82, 2.24) is 20.1 Å². The molecule has 0 fully saturated rings. The van der Waals surface area contributed by atoms with Crippen LogP contribution < -0.4 is 16.0 Å². The Hall–Kier alpha value is -4.53. The lowest BCUT2D eigenvalue weighted by atomic mass is 10.0. The van der Waals surface area contributed by atoms with E-state index in [-0.39, 0.29) is 11.8 Å². The molecule has 8 nitrogen and oxygen atoms in total. The standard InChI is InChI=1S/C30H26Cl2N6O2/c31-26-11-10-22(18-27(26)32)36-30(40)35-14-5-13-33-28-17-20(12-15-34-28)25-19-38(23-7-2-1-3-8-23)37-29(25)21-6-4-9-24(39)16-21/h1-4,6-12,15-19,39H,5,13-14H2,(H,33,34)(H2,35,36,40). The highest BCUT2D eigenvalue weighted by atomic mass is 35.5. The van der Waals surface area contributed by atoms with Gasteiger partial charge in [-0.05, 0) is 66.6 Å². The van der Waals surface area contributed by atoms with Crippen LogP contribution in [0, 0.1) is 0 Å². The first-order valence-corrected chi connectivity index (χ1v) is 13.4. The molecule has 0 aliphatic carbocycles. The van der Waals surface area contributed by atoms with Crippen molar-refractivity contribution in [2.24, 2.45) is 0 Å². The van der Waals surface area contributed by atoms with Crippen molar-refractivity contribution in [3.05, 3.63) is 107 Å². The van der Waals surface area contributed by atoms with Gasteiger partial charge in [0.15, 0.2) is 0 Å². The van der Waals surface area contributed by atoms with E-state index in [1.807, 2.05) is 59.4 Å². The number of anilines is 2. The number of amides is 2. The number of urea groups is 1. The first kappa shape index (κ1) is 27.1. The molecule has 5 rings (SSSR count). The van der Waals surface area contributed by atoms with Crippen LogP contribution in [-0.2, 0) is 0 Å². The number of rotatable bonds is 9. The first-order valence-electron chi connectivity index (χ1n) is 12.6. The zero-order valence-corrected chi connectivity index (χ0v) is 22.8. The summed E-state index contributed by atoms with van der Waals surface area (Å²) < 4.78 is 1.83. The summed E-state index contributed by atoms with van der Waals surface area (Å²) in [6, 6.07) is 25.4. The molecule has 202 valence electrons. The van der Waals surface area contributed by atoms with Gasteiger partial charge in [-0.3, -0.25) is 0 Å². The van der Waals surface area contributed by atoms with Crippen molar-refractivity contribution in [3.63, 3.8) is 0 Å². The predicted molar refractivity (Wildman–Crippen MR) is 160 cm³/mol. The Morgan fingerprint density at radius 2 is 1.73 bits per heavy atom. The van der Waals surface area contributed by atoms with Crippen molar-refractivity contribution in [2.75, 3.05) is 23.7 Å². The monoisotopic (exact) mass is 572 g/mol. The quantitative estimate of drug-likeness (QED) is 0.139. The molecule has 10 heteroatoms. The molecule has 0 spiro atoms. The maximum absolute atomic E-state index is 12.2. The fourth-order valence-electron chi connectivity index (χ4n) is 4.12. The van der Waals surface area contributed by atoms with Gasteiger partial charge in [-0.25, -0.2) is 14.5 Å². The highest BCUT2D eigenvalue weighted by Gasteiger charge is 2.15. The van der Waals surface area contributed by atoms with Crippen LogP contribution in [-0.4, -0.2) is 39.0 Å². The van der Waals surface area contributed by atoms with Crippen molar-refractivity contribution >= 4 is 40.7 Å². The van der Waals surface area contributed by atoms with Crippen LogP contribution in [0.15, 0.2) is 97.3 Å². The number of carbonyl (C=O) groups excluding carboxylic acids is 1. The maximum atomic E-state index is 12.2. The van der Waals surface area contributed by atoms with Crippen LogP contribution in [0.25, 0.3) is 28.1 Å². The molecule has 5 aromatic rings. The number of pyridine rings is 1. The van der Waals surface area contributed by atoms with Gasteiger partial charge in [-0.2, -0.15) is 5.10 Å². The number of carbonyl (C=O) groups is 1. The summed E-state index contributed by atoms with van der Waals surface area (Å²) in [5.41, 5.74) is 4.87. The van der Waals surface area contributed by atoms with E-state index in [1.165, 1.54) is 0 Å². The third-order valence-electron chi connectivity index (χ3n) is 6.05. The van der Waals surface area contributed by atoms with Gasteiger partial charge in [0.1, 0.15) is 17.3 Å². The van der Waals surface area contributed by atoms with Crippen LogP contribution in [0.2, 0.25) is 10.0 Å². The predicted octanol–water partition coefficient (Wildman–Crippen LogP) is 7.24. The van der Waals surface area contributed by atoms with Gasteiger partial charge in [-0.1, -0.05) is 53.5 Å². The number of nitrogens with one attached hydrogen (secondary N) is 3. The molecule has 0 unspecified atom stereocenters. The summed E-state index contributed by atoms with van der Waals surface area (Å²) in [5.74, 6) is 0.876. The average molecular weight is 573 g/mol. The van der Waals surface area contributed by atoms with E-state index in [4.69, 9.17) is 28.3 Å². The molecule has 0 aliphatic rings. The molecule has 40 heavy (non-hydrogen) atoms.